The van der Waals surface area contributed by atoms with E-state index in [-0.39, 0.29) is 18.8 Å². The third-order valence-corrected chi connectivity index (χ3v) is 6.57. The average molecular weight is 534 g/mol. The summed E-state index contributed by atoms with van der Waals surface area (Å²) in [5.74, 6) is 0.0897. The minimum atomic E-state index is -0.560. The Labute approximate surface area is 219 Å². The quantitative estimate of drug-likeness (QED) is 0.380. The molecule has 0 unspecified atom stereocenters. The normalized spacial score (nSPS) is 15.5. The molecule has 10 nitrogen and oxygen atoms in total. The molecule has 1 N–H and O–H groups in total. The molecule has 3 aromatic rings. The zero-order valence-corrected chi connectivity index (χ0v) is 21.6. The van der Waals surface area contributed by atoms with Gasteiger partial charge in [-0.25, -0.2) is 19.4 Å². The molecule has 2 aromatic heterocycles. The van der Waals surface area contributed by atoms with Crippen molar-refractivity contribution < 1.29 is 14.3 Å². The lowest BCUT2D eigenvalue weighted by Crippen LogP contribution is -2.46. The topological polar surface area (TPSA) is 105 Å². The van der Waals surface area contributed by atoms with Crippen LogP contribution in [0.1, 0.15) is 35.8 Å². The zero-order chi connectivity index (χ0) is 25.5. The van der Waals surface area contributed by atoms with Crippen LogP contribution in [-0.4, -0.2) is 82.9 Å². The Hall–Kier alpha value is -2.95. The number of nitrogens with zero attached hydrogens (tertiary/aromatic N) is 6. The third kappa shape index (κ3) is 6.24. The first-order valence-electron chi connectivity index (χ1n) is 12.0. The highest BCUT2D eigenvalue weighted by atomic mass is 35.5. The minimum absolute atomic E-state index is 0.103. The van der Waals surface area contributed by atoms with E-state index in [4.69, 9.17) is 32.9 Å². The van der Waals surface area contributed by atoms with Crippen molar-refractivity contribution in [1.29, 1.82) is 0 Å². The first-order chi connectivity index (χ1) is 17.5. The molecule has 2 saturated heterocycles. The van der Waals surface area contributed by atoms with Crippen LogP contribution in [0.4, 0.5) is 5.82 Å². The van der Waals surface area contributed by atoms with E-state index in [1.54, 1.807) is 40.9 Å². The fourth-order valence-corrected chi connectivity index (χ4v) is 4.49. The van der Waals surface area contributed by atoms with E-state index in [2.05, 4.69) is 15.4 Å². The molecule has 2 aliphatic rings. The number of nitrogens with one attached hydrogen (secondary N) is 1. The molecule has 4 heterocycles. The molecule has 12 heteroatoms. The molecule has 1 aromatic carbocycles. The second-order valence-electron chi connectivity index (χ2n) is 8.45. The number of benzene rings is 1. The third-order valence-electron chi connectivity index (χ3n) is 5.98. The summed E-state index contributed by atoms with van der Waals surface area (Å²) in [7, 11) is 0. The molecule has 2 fully saturated rings. The van der Waals surface area contributed by atoms with Crippen molar-refractivity contribution in [3.05, 3.63) is 45.7 Å². The second-order valence-corrected chi connectivity index (χ2v) is 9.29. The highest BCUT2D eigenvalue weighted by Gasteiger charge is 2.24. The number of hydrogen-bond donors (Lipinski definition) is 1. The summed E-state index contributed by atoms with van der Waals surface area (Å²) < 4.78 is 6.73. The Morgan fingerprint density at radius 3 is 2.53 bits per heavy atom. The summed E-state index contributed by atoms with van der Waals surface area (Å²) in [6.45, 7) is 7.23. The summed E-state index contributed by atoms with van der Waals surface area (Å²) in [5.41, 5.74) is 1.69. The molecular weight excluding hydrogens is 505 g/mol. The summed E-state index contributed by atoms with van der Waals surface area (Å²) in [4.78, 5) is 36.4. The number of fused-ring (bicyclic) bond motifs is 1. The fraction of sp³-hybridized carbons (Fsp3) is 0.458. The van der Waals surface area contributed by atoms with Gasteiger partial charge in [-0.05, 0) is 50.6 Å². The van der Waals surface area contributed by atoms with E-state index in [1.165, 1.54) is 25.9 Å². The van der Waals surface area contributed by atoms with Crippen LogP contribution in [0.2, 0.25) is 10.0 Å². The fourth-order valence-electron chi connectivity index (χ4n) is 4.03. The summed E-state index contributed by atoms with van der Waals surface area (Å²) in [6, 6.07) is 5.20. The Morgan fingerprint density at radius 1 is 1.17 bits per heavy atom. The van der Waals surface area contributed by atoms with Crippen LogP contribution in [0.25, 0.3) is 11.2 Å². The van der Waals surface area contributed by atoms with Crippen molar-refractivity contribution in [2.45, 2.75) is 26.3 Å². The van der Waals surface area contributed by atoms with Crippen molar-refractivity contribution >= 4 is 52.6 Å². The number of hydrogen-bond acceptors (Lipinski definition) is 8. The van der Waals surface area contributed by atoms with Gasteiger partial charge in [0.05, 0.1) is 19.3 Å². The van der Waals surface area contributed by atoms with Gasteiger partial charge in [0.2, 0.25) is 6.41 Å². The lowest BCUT2D eigenvalue weighted by atomic mass is 10.2. The van der Waals surface area contributed by atoms with Crippen molar-refractivity contribution in [2.24, 2.45) is 0 Å². The Kier molecular flexibility index (Phi) is 8.95. The molecule has 2 aliphatic heterocycles. The molecule has 0 radical (unpaired) electrons. The van der Waals surface area contributed by atoms with Gasteiger partial charge in [-0.15, -0.1) is 0 Å². The van der Waals surface area contributed by atoms with E-state index in [0.717, 1.165) is 12.0 Å². The van der Waals surface area contributed by atoms with Crippen molar-refractivity contribution in [1.82, 2.24) is 30.0 Å². The molecule has 0 saturated carbocycles. The van der Waals surface area contributed by atoms with Gasteiger partial charge >= 0.3 is 5.97 Å². The number of halogens is 2. The number of amides is 1. The molecular formula is C24H29Cl2N7O3. The van der Waals surface area contributed by atoms with Gasteiger partial charge in [0, 0.05) is 36.2 Å². The highest BCUT2D eigenvalue weighted by Crippen LogP contribution is 2.25. The number of carbonyl (C=O) groups excluding carboxylic acids is 2. The van der Waals surface area contributed by atoms with Crippen LogP contribution in [0.15, 0.2) is 24.4 Å². The van der Waals surface area contributed by atoms with Gasteiger partial charge in [0.15, 0.2) is 11.3 Å². The number of esters is 1. The zero-order valence-electron chi connectivity index (χ0n) is 20.1. The lowest BCUT2D eigenvalue weighted by Gasteiger charge is -2.33. The summed E-state index contributed by atoms with van der Waals surface area (Å²) in [5, 5.41) is 8.67. The molecule has 0 spiro atoms. The Morgan fingerprint density at radius 2 is 1.92 bits per heavy atom. The van der Waals surface area contributed by atoms with Crippen LogP contribution in [0.5, 0.6) is 0 Å². The van der Waals surface area contributed by atoms with Gasteiger partial charge < -0.3 is 19.9 Å². The average Bonchev–Trinajstić information content (AvgIpc) is 3.58. The Balaban J connectivity index is 0.000000543. The summed E-state index contributed by atoms with van der Waals surface area (Å²) >= 11 is 12.3. The van der Waals surface area contributed by atoms with E-state index in [1.807, 2.05) is 4.90 Å². The van der Waals surface area contributed by atoms with Crippen LogP contribution in [-0.2, 0) is 16.1 Å². The van der Waals surface area contributed by atoms with E-state index >= 15 is 0 Å². The number of anilines is 1. The monoisotopic (exact) mass is 533 g/mol. The van der Waals surface area contributed by atoms with E-state index < -0.39 is 5.97 Å². The van der Waals surface area contributed by atoms with Crippen molar-refractivity contribution in [3.63, 3.8) is 0 Å². The molecule has 36 heavy (non-hydrogen) atoms. The van der Waals surface area contributed by atoms with E-state index in [0.29, 0.717) is 53.2 Å². The lowest BCUT2D eigenvalue weighted by molar-refractivity contribution is -0.118. The molecule has 0 bridgehead atoms. The smallest absolute Gasteiger partial charge is 0.361 e. The Bertz CT molecular complexity index is 1200. The highest BCUT2D eigenvalue weighted by molar-refractivity contribution is 6.35. The van der Waals surface area contributed by atoms with Crippen LogP contribution in [0.3, 0.4) is 0 Å². The predicted octanol–water partition coefficient (Wildman–Crippen LogP) is 3.01. The van der Waals surface area contributed by atoms with Gasteiger partial charge in [-0.2, -0.15) is 5.10 Å². The second kappa shape index (κ2) is 12.3. The standard InChI is InChI=1S/C20H20Cl2N6O3.C4H9N/c1-2-31-20(30)18-17-19(28(25-18)11-13-3-4-14(21)9-15(13)22)24-16(10-23-17)27-7-5-26(12-29)6-8-27;1-2-4-5-3-1/h3-4,9-10,12H,2,5-8,11H2,1H3;5H,1-4H2. The van der Waals surface area contributed by atoms with Crippen LogP contribution >= 0.6 is 23.2 Å². The maximum atomic E-state index is 12.4. The van der Waals surface area contributed by atoms with Crippen molar-refractivity contribution in [3.8, 4) is 0 Å². The minimum Gasteiger partial charge on any atom is -0.461 e. The maximum Gasteiger partial charge on any atom is 0.361 e. The number of aromatic nitrogens is 4. The number of piperazine rings is 1. The van der Waals surface area contributed by atoms with E-state index in [9.17, 15) is 9.59 Å². The van der Waals surface area contributed by atoms with Crippen LogP contribution < -0.4 is 10.2 Å². The van der Waals surface area contributed by atoms with Gasteiger partial charge in [-0.1, -0.05) is 29.3 Å². The molecule has 1 amide bonds. The van der Waals surface area contributed by atoms with Crippen molar-refractivity contribution in [2.75, 3.05) is 50.8 Å². The maximum absolute atomic E-state index is 12.4. The molecule has 192 valence electrons. The van der Waals surface area contributed by atoms with Crippen LogP contribution in [0, 0.1) is 0 Å². The first-order valence-corrected chi connectivity index (χ1v) is 12.8. The van der Waals surface area contributed by atoms with Gasteiger partial charge in [0.1, 0.15) is 11.3 Å². The molecule has 0 aliphatic carbocycles. The number of ether oxygens (including phenoxy) is 1. The first kappa shape index (κ1) is 26.1. The number of rotatable bonds is 6. The molecule has 5 rings (SSSR count). The largest absolute Gasteiger partial charge is 0.461 e. The SMILES string of the molecule is C1CCNC1.CCOC(=O)c1nn(Cc2ccc(Cl)cc2Cl)c2nc(N3CCN(C=O)CC3)cnc12. The predicted molar refractivity (Wildman–Crippen MR) is 139 cm³/mol. The number of carbonyl (C=O) groups is 2. The summed E-state index contributed by atoms with van der Waals surface area (Å²) in [6.07, 6.45) is 5.24. The molecule has 0 atom stereocenters. The van der Waals surface area contributed by atoms with Gasteiger partial charge in [-0.3, -0.25) is 4.79 Å². The van der Waals surface area contributed by atoms with Gasteiger partial charge in [0.25, 0.3) is 0 Å².